The molecule has 0 aliphatic carbocycles. The molecule has 4 N–H and O–H groups in total. The number of nitrogens with two attached hydrogens (primary N) is 2. The standard InChI is InChI=1S/C18H27F2N3O3/c1-18(2,3)26-17(24)23-8-6-11(7-9-23)12-4-5-13(21)15(22)16(12)25-10-14(19)20/h4-5,11,14H,6-10,21-22H2,1-3H3. The highest BCUT2D eigenvalue weighted by atomic mass is 19.3. The fraction of sp³-hybridized carbons (Fsp3) is 0.611. The molecule has 1 aromatic rings. The summed E-state index contributed by atoms with van der Waals surface area (Å²) in [5, 5.41) is 0. The van der Waals surface area contributed by atoms with Crippen LogP contribution in [-0.2, 0) is 4.74 Å². The van der Waals surface area contributed by atoms with Gasteiger partial charge in [0, 0.05) is 13.1 Å². The number of hydrogen-bond donors (Lipinski definition) is 2. The van der Waals surface area contributed by atoms with Gasteiger partial charge in [0.05, 0.1) is 11.4 Å². The maximum atomic E-state index is 12.5. The molecule has 0 atom stereocenters. The van der Waals surface area contributed by atoms with Crippen LogP contribution in [0.2, 0.25) is 0 Å². The molecule has 0 bridgehead atoms. The molecular weight excluding hydrogens is 344 g/mol. The van der Waals surface area contributed by atoms with Gasteiger partial charge in [-0.1, -0.05) is 6.07 Å². The summed E-state index contributed by atoms with van der Waals surface area (Å²) in [5.41, 5.74) is 12.4. The van der Waals surface area contributed by atoms with Crippen molar-refractivity contribution in [3.63, 3.8) is 0 Å². The van der Waals surface area contributed by atoms with Crippen molar-refractivity contribution in [3.8, 4) is 5.75 Å². The number of nitrogens with zero attached hydrogens (tertiary/aromatic N) is 1. The molecule has 6 nitrogen and oxygen atoms in total. The van der Waals surface area contributed by atoms with Crippen molar-refractivity contribution in [2.75, 3.05) is 31.2 Å². The lowest BCUT2D eigenvalue weighted by atomic mass is 9.88. The molecule has 0 radical (unpaired) electrons. The van der Waals surface area contributed by atoms with Gasteiger partial charge in [-0.3, -0.25) is 0 Å². The number of ether oxygens (including phenoxy) is 2. The SMILES string of the molecule is CC(C)(C)OC(=O)N1CCC(c2ccc(N)c(N)c2OCC(F)F)CC1. The normalized spacial score (nSPS) is 16.0. The minimum absolute atomic E-state index is 0.0456. The number of piperidine rings is 1. The van der Waals surface area contributed by atoms with E-state index in [1.807, 2.05) is 20.8 Å². The van der Waals surface area contributed by atoms with E-state index in [-0.39, 0.29) is 23.4 Å². The van der Waals surface area contributed by atoms with Gasteiger partial charge in [-0.25, -0.2) is 13.6 Å². The number of alkyl halides is 2. The van der Waals surface area contributed by atoms with Crippen LogP contribution >= 0.6 is 0 Å². The molecular formula is C18H27F2N3O3. The zero-order valence-corrected chi connectivity index (χ0v) is 15.4. The first-order valence-electron chi connectivity index (χ1n) is 8.65. The van der Waals surface area contributed by atoms with Crippen LogP contribution in [0.25, 0.3) is 0 Å². The Morgan fingerprint density at radius 2 is 1.88 bits per heavy atom. The molecule has 26 heavy (non-hydrogen) atoms. The second-order valence-electron chi connectivity index (χ2n) is 7.43. The summed E-state index contributed by atoms with van der Waals surface area (Å²) in [4.78, 5) is 13.8. The fourth-order valence-electron chi connectivity index (χ4n) is 2.96. The Morgan fingerprint density at radius 1 is 1.27 bits per heavy atom. The van der Waals surface area contributed by atoms with E-state index in [2.05, 4.69) is 0 Å². The van der Waals surface area contributed by atoms with Gasteiger partial charge in [-0.2, -0.15) is 0 Å². The maximum absolute atomic E-state index is 12.5. The van der Waals surface area contributed by atoms with Crippen molar-refractivity contribution in [3.05, 3.63) is 17.7 Å². The van der Waals surface area contributed by atoms with Gasteiger partial charge in [0.25, 0.3) is 6.43 Å². The Kier molecular flexibility index (Phi) is 6.15. The first-order valence-corrected chi connectivity index (χ1v) is 8.65. The molecule has 8 heteroatoms. The van der Waals surface area contributed by atoms with Gasteiger partial charge in [-0.15, -0.1) is 0 Å². The minimum atomic E-state index is -2.60. The number of anilines is 2. The summed E-state index contributed by atoms with van der Waals surface area (Å²) in [6, 6.07) is 3.42. The minimum Gasteiger partial charge on any atom is -0.485 e. The van der Waals surface area contributed by atoms with Crippen LogP contribution in [0.4, 0.5) is 25.0 Å². The quantitative estimate of drug-likeness (QED) is 0.789. The van der Waals surface area contributed by atoms with E-state index in [0.717, 1.165) is 5.56 Å². The van der Waals surface area contributed by atoms with Gasteiger partial charge in [0.1, 0.15) is 18.0 Å². The van der Waals surface area contributed by atoms with Gasteiger partial charge in [0.15, 0.2) is 0 Å². The molecule has 0 spiro atoms. The molecule has 1 saturated heterocycles. The van der Waals surface area contributed by atoms with Crippen LogP contribution in [0.5, 0.6) is 5.75 Å². The van der Waals surface area contributed by atoms with E-state index in [9.17, 15) is 13.6 Å². The van der Waals surface area contributed by atoms with Gasteiger partial charge < -0.3 is 25.8 Å². The van der Waals surface area contributed by atoms with Crippen molar-refractivity contribution >= 4 is 17.5 Å². The lowest BCUT2D eigenvalue weighted by Gasteiger charge is -2.34. The summed E-state index contributed by atoms with van der Waals surface area (Å²) < 4.78 is 35.7. The molecule has 2 rings (SSSR count). The molecule has 1 aromatic carbocycles. The molecule has 1 heterocycles. The highest BCUT2D eigenvalue weighted by Gasteiger charge is 2.29. The molecule has 0 saturated carbocycles. The van der Waals surface area contributed by atoms with E-state index < -0.39 is 18.6 Å². The van der Waals surface area contributed by atoms with Gasteiger partial charge >= 0.3 is 6.09 Å². The third-order valence-corrected chi connectivity index (χ3v) is 4.20. The Balaban J connectivity index is 2.09. The molecule has 1 aliphatic rings. The number of hydrogen-bond acceptors (Lipinski definition) is 5. The fourth-order valence-corrected chi connectivity index (χ4v) is 2.96. The first kappa shape index (κ1) is 20.1. The molecule has 0 unspecified atom stereocenters. The van der Waals surface area contributed by atoms with Crippen molar-refractivity contribution < 1.29 is 23.0 Å². The summed E-state index contributed by atoms with van der Waals surface area (Å²) in [6.07, 6.45) is -1.62. The molecule has 1 amide bonds. The number of carbonyl (C=O) groups excluding carboxylic acids is 1. The Bertz CT molecular complexity index is 639. The number of carbonyl (C=O) groups is 1. The zero-order chi connectivity index (χ0) is 19.5. The predicted octanol–water partition coefficient (Wildman–Crippen LogP) is 3.61. The van der Waals surface area contributed by atoms with Crippen molar-refractivity contribution in [1.82, 2.24) is 4.90 Å². The Labute approximate surface area is 152 Å². The van der Waals surface area contributed by atoms with Gasteiger partial charge in [0.2, 0.25) is 0 Å². The van der Waals surface area contributed by atoms with Crippen LogP contribution in [0, 0.1) is 0 Å². The predicted molar refractivity (Wildman–Crippen MR) is 96.5 cm³/mol. The molecule has 1 aliphatic heterocycles. The number of rotatable bonds is 4. The number of likely N-dealkylation sites (tertiary alicyclic amines) is 1. The summed E-state index contributed by atoms with van der Waals surface area (Å²) in [7, 11) is 0. The average molecular weight is 371 g/mol. The molecule has 146 valence electrons. The van der Waals surface area contributed by atoms with E-state index in [1.54, 1.807) is 17.0 Å². The van der Waals surface area contributed by atoms with Crippen LogP contribution in [0.15, 0.2) is 12.1 Å². The van der Waals surface area contributed by atoms with Crippen LogP contribution in [0.3, 0.4) is 0 Å². The lowest BCUT2D eigenvalue weighted by molar-refractivity contribution is 0.0203. The molecule has 1 fully saturated rings. The van der Waals surface area contributed by atoms with E-state index in [0.29, 0.717) is 31.6 Å². The second kappa shape index (κ2) is 7.97. The third kappa shape index (κ3) is 5.12. The largest absolute Gasteiger partial charge is 0.485 e. The first-order chi connectivity index (χ1) is 12.1. The number of amides is 1. The van der Waals surface area contributed by atoms with Crippen LogP contribution < -0.4 is 16.2 Å². The molecule has 0 aromatic heterocycles. The van der Waals surface area contributed by atoms with E-state index >= 15 is 0 Å². The van der Waals surface area contributed by atoms with Crippen molar-refractivity contribution in [2.24, 2.45) is 0 Å². The monoisotopic (exact) mass is 371 g/mol. The van der Waals surface area contributed by atoms with E-state index in [1.165, 1.54) is 0 Å². The summed E-state index contributed by atoms with van der Waals surface area (Å²) in [5.74, 6) is 0.269. The van der Waals surface area contributed by atoms with Crippen LogP contribution in [-0.4, -0.2) is 42.7 Å². The Hall–Kier alpha value is -2.25. The Morgan fingerprint density at radius 3 is 2.42 bits per heavy atom. The van der Waals surface area contributed by atoms with Crippen LogP contribution in [0.1, 0.15) is 45.1 Å². The van der Waals surface area contributed by atoms with E-state index in [4.69, 9.17) is 20.9 Å². The lowest BCUT2D eigenvalue weighted by Crippen LogP contribution is -2.41. The third-order valence-electron chi connectivity index (χ3n) is 4.20. The highest BCUT2D eigenvalue weighted by Crippen LogP contribution is 2.40. The van der Waals surface area contributed by atoms with Gasteiger partial charge in [-0.05, 0) is 51.2 Å². The number of nitrogen functional groups attached to an aromatic ring is 2. The van der Waals surface area contributed by atoms with Crippen molar-refractivity contribution in [2.45, 2.75) is 51.6 Å². The number of halogens is 2. The topological polar surface area (TPSA) is 90.8 Å². The zero-order valence-electron chi connectivity index (χ0n) is 15.4. The van der Waals surface area contributed by atoms with Crippen molar-refractivity contribution in [1.29, 1.82) is 0 Å². The summed E-state index contributed by atoms with van der Waals surface area (Å²) in [6.45, 7) is 5.75. The smallest absolute Gasteiger partial charge is 0.410 e. The summed E-state index contributed by atoms with van der Waals surface area (Å²) >= 11 is 0. The second-order valence-corrected chi connectivity index (χ2v) is 7.43. The maximum Gasteiger partial charge on any atom is 0.410 e. The average Bonchev–Trinajstić information content (AvgIpc) is 2.54. The number of benzene rings is 1. The highest BCUT2D eigenvalue weighted by molar-refractivity contribution is 5.73.